The molecule has 25 heavy (non-hydrogen) atoms. The smallest absolute Gasteiger partial charge is 0.193 e. The summed E-state index contributed by atoms with van der Waals surface area (Å²) in [5, 5.41) is 3.23. The van der Waals surface area contributed by atoms with Gasteiger partial charge in [-0.25, -0.2) is 0 Å². The van der Waals surface area contributed by atoms with Crippen LogP contribution in [0.2, 0.25) is 0 Å². The van der Waals surface area contributed by atoms with Gasteiger partial charge < -0.3 is 10.1 Å². The normalized spacial score (nSPS) is 10.6. The van der Waals surface area contributed by atoms with Gasteiger partial charge in [0.15, 0.2) is 5.78 Å². The van der Waals surface area contributed by atoms with Gasteiger partial charge in [0.25, 0.3) is 0 Å². The summed E-state index contributed by atoms with van der Waals surface area (Å²) in [6, 6.07) is 11.6. The number of hydrogen-bond acceptors (Lipinski definition) is 3. The highest BCUT2D eigenvalue weighted by Gasteiger charge is 2.17. The summed E-state index contributed by atoms with van der Waals surface area (Å²) in [5.74, 6) is 0.779. The van der Waals surface area contributed by atoms with Crippen molar-refractivity contribution >= 4 is 56.5 Å². The molecule has 0 aliphatic heterocycles. The molecule has 132 valence electrons. The second-order valence-electron chi connectivity index (χ2n) is 5.59. The number of benzene rings is 2. The van der Waals surface area contributed by atoms with E-state index in [1.807, 2.05) is 43.3 Å². The quantitative estimate of drug-likeness (QED) is 0.212. The molecule has 0 bridgehead atoms. The lowest BCUT2D eigenvalue weighted by atomic mass is 9.95. The lowest BCUT2D eigenvalue weighted by molar-refractivity contribution is 0.105. The molecule has 0 amide bonds. The first-order chi connectivity index (χ1) is 12.0. The number of Topliss-reactive ketones (excluding diaryl/α,β-unsaturated/α-hetero) is 1. The van der Waals surface area contributed by atoms with E-state index in [0.717, 1.165) is 37.1 Å². The zero-order valence-electron chi connectivity index (χ0n) is 14.4. The highest BCUT2D eigenvalue weighted by molar-refractivity contribution is 14.1. The lowest BCUT2D eigenvalue weighted by Gasteiger charge is -2.13. The monoisotopic (exact) mass is 561 g/mol. The largest absolute Gasteiger partial charge is 0.490 e. The first-order valence-electron chi connectivity index (χ1n) is 8.07. The van der Waals surface area contributed by atoms with Gasteiger partial charge in [0.2, 0.25) is 0 Å². The Balaban J connectivity index is 2.21. The van der Waals surface area contributed by atoms with Crippen molar-refractivity contribution in [2.24, 2.45) is 0 Å². The Morgan fingerprint density at radius 2 is 1.84 bits per heavy atom. The van der Waals surface area contributed by atoms with Crippen LogP contribution >= 0.6 is 45.2 Å². The number of carbonyl (C=O) groups is 1. The van der Waals surface area contributed by atoms with Crippen LogP contribution in [0.1, 0.15) is 28.4 Å². The van der Waals surface area contributed by atoms with Crippen molar-refractivity contribution in [3.8, 4) is 5.75 Å². The minimum atomic E-state index is -0.0515. The molecule has 0 atom stereocenters. The maximum atomic E-state index is 12.9. The molecule has 0 heterocycles. The van der Waals surface area contributed by atoms with Crippen LogP contribution in [0.5, 0.6) is 5.75 Å². The van der Waals surface area contributed by atoms with Gasteiger partial charge in [-0.15, -0.1) is 0 Å². The molecule has 5 heteroatoms. The predicted octanol–water partition coefficient (Wildman–Crippen LogP) is 5.09. The minimum Gasteiger partial charge on any atom is -0.490 e. The third-order valence-corrected chi connectivity index (χ3v) is 5.38. The molecule has 0 spiro atoms. The Morgan fingerprint density at radius 1 is 1.20 bits per heavy atom. The van der Waals surface area contributed by atoms with E-state index in [1.165, 1.54) is 0 Å². The van der Waals surface area contributed by atoms with Crippen LogP contribution in [-0.2, 0) is 0 Å². The summed E-state index contributed by atoms with van der Waals surface area (Å²) in [6.07, 6.45) is 0. The molecule has 0 aromatic heterocycles. The van der Waals surface area contributed by atoms with E-state index in [9.17, 15) is 4.79 Å². The molecule has 0 saturated carbocycles. The van der Waals surface area contributed by atoms with Crippen LogP contribution < -0.4 is 10.1 Å². The zero-order chi connectivity index (χ0) is 18.4. The van der Waals surface area contributed by atoms with Crippen LogP contribution in [-0.4, -0.2) is 25.5 Å². The third kappa shape index (κ3) is 5.27. The standard InChI is InChI=1S/C20H21I2NO2/c1-4-23-9-10-25-20-17(21)11-15(12-18(20)22)19(24)14(3)16-8-6-5-7-13(16)2/h5-8,11-12,23H,3-4,9-10H2,1-2H3. The van der Waals surface area contributed by atoms with Crippen molar-refractivity contribution in [3.63, 3.8) is 0 Å². The number of likely N-dealkylation sites (N-methyl/N-ethyl adjacent to an activating group) is 1. The van der Waals surface area contributed by atoms with E-state index in [1.54, 1.807) is 0 Å². The van der Waals surface area contributed by atoms with Gasteiger partial charge in [0, 0.05) is 17.7 Å². The first kappa shape index (κ1) is 20.4. The van der Waals surface area contributed by atoms with Gasteiger partial charge in [0.05, 0.1) is 7.14 Å². The van der Waals surface area contributed by atoms with Gasteiger partial charge >= 0.3 is 0 Å². The van der Waals surface area contributed by atoms with Crippen molar-refractivity contribution < 1.29 is 9.53 Å². The average molecular weight is 561 g/mol. The van der Waals surface area contributed by atoms with Gasteiger partial charge in [-0.05, 0) is 81.9 Å². The fourth-order valence-corrected chi connectivity index (χ4v) is 4.52. The summed E-state index contributed by atoms with van der Waals surface area (Å²) in [4.78, 5) is 12.9. The lowest BCUT2D eigenvalue weighted by Crippen LogP contribution is -2.20. The van der Waals surface area contributed by atoms with E-state index < -0.39 is 0 Å². The van der Waals surface area contributed by atoms with Crippen molar-refractivity contribution in [2.45, 2.75) is 13.8 Å². The maximum Gasteiger partial charge on any atom is 0.193 e. The number of allylic oxidation sites excluding steroid dienone is 1. The predicted molar refractivity (Wildman–Crippen MR) is 120 cm³/mol. The molecule has 0 aliphatic rings. The van der Waals surface area contributed by atoms with Crippen molar-refractivity contribution in [3.05, 3.63) is 66.8 Å². The SMILES string of the molecule is C=C(C(=O)c1cc(I)c(OCCNCC)c(I)c1)c1ccccc1C. The highest BCUT2D eigenvalue weighted by atomic mass is 127. The highest BCUT2D eigenvalue weighted by Crippen LogP contribution is 2.31. The number of ketones is 1. The molecular formula is C20H21I2NO2. The van der Waals surface area contributed by atoms with Crippen LogP contribution in [0.15, 0.2) is 43.0 Å². The second-order valence-corrected chi connectivity index (χ2v) is 7.92. The van der Waals surface area contributed by atoms with E-state index >= 15 is 0 Å². The number of halogens is 2. The number of rotatable bonds is 8. The summed E-state index contributed by atoms with van der Waals surface area (Å²) in [7, 11) is 0. The second kappa shape index (κ2) is 9.68. The number of ether oxygens (including phenoxy) is 1. The van der Waals surface area contributed by atoms with Crippen LogP contribution in [0.25, 0.3) is 5.57 Å². The molecule has 0 saturated heterocycles. The molecule has 0 unspecified atom stereocenters. The molecule has 2 rings (SSSR count). The maximum absolute atomic E-state index is 12.9. The number of aryl methyl sites for hydroxylation is 1. The van der Waals surface area contributed by atoms with E-state index in [2.05, 4.69) is 64.0 Å². The van der Waals surface area contributed by atoms with Crippen LogP contribution in [0, 0.1) is 14.1 Å². The Kier molecular flexibility index (Phi) is 7.89. The first-order valence-corrected chi connectivity index (χ1v) is 10.2. The van der Waals surface area contributed by atoms with Crippen molar-refractivity contribution in [2.75, 3.05) is 19.7 Å². The topological polar surface area (TPSA) is 38.3 Å². The number of hydrogen-bond donors (Lipinski definition) is 1. The third-order valence-electron chi connectivity index (χ3n) is 3.78. The molecule has 0 radical (unpaired) electrons. The summed E-state index contributed by atoms with van der Waals surface area (Å²) in [5.41, 5.74) is 3.10. The van der Waals surface area contributed by atoms with E-state index in [-0.39, 0.29) is 5.78 Å². The Morgan fingerprint density at radius 3 is 2.44 bits per heavy atom. The Hall–Kier alpha value is -0.930. The fourth-order valence-electron chi connectivity index (χ4n) is 2.44. The number of nitrogens with one attached hydrogen (secondary N) is 1. The average Bonchev–Trinajstić information content (AvgIpc) is 2.59. The molecule has 2 aromatic carbocycles. The minimum absolute atomic E-state index is 0.0515. The van der Waals surface area contributed by atoms with E-state index in [0.29, 0.717) is 17.7 Å². The Labute approximate surface area is 176 Å². The van der Waals surface area contributed by atoms with Gasteiger partial charge in [0.1, 0.15) is 12.4 Å². The zero-order valence-corrected chi connectivity index (χ0v) is 18.7. The van der Waals surface area contributed by atoms with E-state index in [4.69, 9.17) is 4.74 Å². The van der Waals surface area contributed by atoms with Gasteiger partial charge in [-0.3, -0.25) is 4.79 Å². The molecule has 3 nitrogen and oxygen atoms in total. The van der Waals surface area contributed by atoms with Crippen LogP contribution in [0.4, 0.5) is 0 Å². The van der Waals surface area contributed by atoms with Crippen molar-refractivity contribution in [1.82, 2.24) is 5.32 Å². The molecule has 2 aromatic rings. The Bertz CT molecular complexity index is 764. The summed E-state index contributed by atoms with van der Waals surface area (Å²) < 4.78 is 7.72. The van der Waals surface area contributed by atoms with Crippen LogP contribution in [0.3, 0.4) is 0 Å². The van der Waals surface area contributed by atoms with Crippen molar-refractivity contribution in [1.29, 1.82) is 0 Å². The summed E-state index contributed by atoms with van der Waals surface area (Å²) in [6.45, 7) is 10.4. The van der Waals surface area contributed by atoms with Gasteiger partial charge in [-0.2, -0.15) is 0 Å². The molecular weight excluding hydrogens is 540 g/mol. The molecule has 0 fully saturated rings. The number of carbonyl (C=O) groups excluding carboxylic acids is 1. The molecule has 0 aliphatic carbocycles. The fraction of sp³-hybridized carbons (Fsp3) is 0.250. The molecule has 1 N–H and O–H groups in total. The summed E-state index contributed by atoms with van der Waals surface area (Å²) >= 11 is 4.44. The van der Waals surface area contributed by atoms with Gasteiger partial charge in [-0.1, -0.05) is 37.8 Å².